The highest BCUT2D eigenvalue weighted by molar-refractivity contribution is 6.07. The zero-order valence-corrected chi connectivity index (χ0v) is 21.2. The van der Waals surface area contributed by atoms with Crippen LogP contribution in [0.25, 0.3) is 22.4 Å². The number of amides is 2. The summed E-state index contributed by atoms with van der Waals surface area (Å²) in [5, 5.41) is 2.54. The van der Waals surface area contributed by atoms with Gasteiger partial charge in [0.2, 0.25) is 12.3 Å². The molecule has 1 atom stereocenters. The summed E-state index contributed by atoms with van der Waals surface area (Å²) in [5.74, 6) is -4.57. The van der Waals surface area contributed by atoms with Crippen LogP contribution in [0.15, 0.2) is 60.8 Å². The highest BCUT2D eigenvalue weighted by Crippen LogP contribution is 2.40. The minimum Gasteiger partial charge on any atom is -0.357 e. The summed E-state index contributed by atoms with van der Waals surface area (Å²) in [5.41, 5.74) is 2.05. The van der Waals surface area contributed by atoms with Crippen molar-refractivity contribution in [3.05, 3.63) is 95.1 Å². The Labute approximate surface area is 225 Å². The van der Waals surface area contributed by atoms with Crippen LogP contribution in [-0.4, -0.2) is 46.7 Å². The quantitative estimate of drug-likeness (QED) is 0.269. The zero-order valence-electron chi connectivity index (χ0n) is 21.2. The molecule has 1 unspecified atom stereocenters. The van der Waals surface area contributed by atoms with Gasteiger partial charge in [0.15, 0.2) is 0 Å². The summed E-state index contributed by atoms with van der Waals surface area (Å²) in [6.07, 6.45) is -1.75. The first-order valence-electron chi connectivity index (χ1n) is 12.4. The number of H-pyrrole nitrogens is 1. The second kappa shape index (κ2) is 10.9. The molecule has 11 heteroatoms. The van der Waals surface area contributed by atoms with E-state index in [-0.39, 0.29) is 34.0 Å². The van der Waals surface area contributed by atoms with Gasteiger partial charge in [0, 0.05) is 61.1 Å². The molecule has 0 saturated carbocycles. The van der Waals surface area contributed by atoms with Gasteiger partial charge in [-0.15, -0.1) is 0 Å². The van der Waals surface area contributed by atoms with Gasteiger partial charge in [-0.3, -0.25) is 9.59 Å². The Morgan fingerprint density at radius 1 is 1.02 bits per heavy atom. The van der Waals surface area contributed by atoms with E-state index in [1.54, 1.807) is 13.1 Å². The lowest BCUT2D eigenvalue weighted by molar-refractivity contribution is -0.118. The number of fused-ring (bicyclic) bond motifs is 1. The van der Waals surface area contributed by atoms with E-state index in [0.29, 0.717) is 29.9 Å². The van der Waals surface area contributed by atoms with Crippen LogP contribution in [0, 0.1) is 17.5 Å². The lowest BCUT2D eigenvalue weighted by Gasteiger charge is -2.23. The number of likely N-dealkylation sites (N-methyl/N-ethyl adjacent to an activating group) is 1. The van der Waals surface area contributed by atoms with Gasteiger partial charge in [0.1, 0.15) is 23.3 Å². The van der Waals surface area contributed by atoms with Gasteiger partial charge in [0.25, 0.3) is 5.91 Å². The molecule has 0 radical (unpaired) electrons. The number of carbonyl (C=O) groups is 2. The summed E-state index contributed by atoms with van der Waals surface area (Å²) in [6, 6.07) is 10.8. The number of aromatic nitrogens is 2. The van der Waals surface area contributed by atoms with Gasteiger partial charge in [-0.1, -0.05) is 12.1 Å². The molecule has 40 heavy (non-hydrogen) atoms. The number of rotatable bonds is 7. The molecule has 0 saturated heterocycles. The van der Waals surface area contributed by atoms with Crippen molar-refractivity contribution >= 4 is 17.6 Å². The van der Waals surface area contributed by atoms with Crippen LogP contribution < -0.4 is 5.32 Å². The Morgan fingerprint density at radius 3 is 2.45 bits per heavy atom. The molecule has 1 aliphatic heterocycles. The van der Waals surface area contributed by atoms with E-state index in [4.69, 9.17) is 0 Å². The molecule has 4 aromatic rings. The van der Waals surface area contributed by atoms with Gasteiger partial charge >= 0.3 is 0 Å². The fourth-order valence-electron chi connectivity index (χ4n) is 4.86. The average molecular weight is 555 g/mol. The number of anilines is 1. The topological polar surface area (TPSA) is 78.1 Å². The summed E-state index contributed by atoms with van der Waals surface area (Å²) in [4.78, 5) is 35.0. The molecule has 5 rings (SSSR count). The van der Waals surface area contributed by atoms with E-state index in [2.05, 4.69) is 15.3 Å². The smallest absolute Gasteiger partial charge is 0.256 e. The maximum absolute atomic E-state index is 15.0. The minimum atomic E-state index is -2.80. The van der Waals surface area contributed by atoms with Crippen molar-refractivity contribution in [3.63, 3.8) is 0 Å². The van der Waals surface area contributed by atoms with Crippen molar-refractivity contribution in [2.75, 3.05) is 18.9 Å². The van der Waals surface area contributed by atoms with Crippen LogP contribution in [0.5, 0.6) is 0 Å². The van der Waals surface area contributed by atoms with Crippen LogP contribution in [0.4, 0.5) is 27.8 Å². The third kappa shape index (κ3) is 5.31. The van der Waals surface area contributed by atoms with E-state index >= 15 is 4.39 Å². The first-order valence-corrected chi connectivity index (χ1v) is 12.4. The van der Waals surface area contributed by atoms with E-state index in [9.17, 15) is 27.2 Å². The number of pyridine rings is 1. The van der Waals surface area contributed by atoms with Gasteiger partial charge in [-0.25, -0.2) is 26.9 Å². The second-order valence-electron chi connectivity index (χ2n) is 9.48. The van der Waals surface area contributed by atoms with Crippen LogP contribution >= 0.6 is 0 Å². The zero-order chi connectivity index (χ0) is 28.6. The van der Waals surface area contributed by atoms with E-state index in [1.807, 2.05) is 0 Å². The standard InChI is InChI=1S/C29H23F5N4O2/c1-38-11-9-22-26(29(38)40)25(19-7-6-18(31)13-21(19)32)27(36-22)16-8-10-35-24(12-16)37-28(39)20(14-23(33)34)15-2-4-17(30)5-3-15/h2-8,10,12-13,20,23,36H,9,11,14H2,1H3,(H,35,37,39). The summed E-state index contributed by atoms with van der Waals surface area (Å²) >= 11 is 0. The monoisotopic (exact) mass is 554 g/mol. The predicted molar refractivity (Wildman–Crippen MR) is 138 cm³/mol. The summed E-state index contributed by atoms with van der Waals surface area (Å²) < 4.78 is 68.7. The first kappa shape index (κ1) is 27.0. The summed E-state index contributed by atoms with van der Waals surface area (Å²) in [6.45, 7) is 0.434. The molecule has 2 aromatic heterocycles. The lowest BCUT2D eigenvalue weighted by Crippen LogP contribution is -2.34. The van der Waals surface area contributed by atoms with Crippen molar-refractivity contribution in [1.29, 1.82) is 0 Å². The van der Waals surface area contributed by atoms with Crippen LogP contribution in [0.3, 0.4) is 0 Å². The molecule has 2 N–H and O–H groups in total. The number of nitrogens with one attached hydrogen (secondary N) is 2. The van der Waals surface area contributed by atoms with Crippen molar-refractivity contribution in [2.24, 2.45) is 0 Å². The number of aromatic amines is 1. The van der Waals surface area contributed by atoms with E-state index in [0.717, 1.165) is 24.3 Å². The number of hydrogen-bond donors (Lipinski definition) is 2. The van der Waals surface area contributed by atoms with E-state index in [1.165, 1.54) is 35.4 Å². The van der Waals surface area contributed by atoms with Gasteiger partial charge in [0.05, 0.1) is 17.2 Å². The van der Waals surface area contributed by atoms with Gasteiger partial charge < -0.3 is 15.2 Å². The summed E-state index contributed by atoms with van der Waals surface area (Å²) in [7, 11) is 1.62. The lowest BCUT2D eigenvalue weighted by atomic mass is 9.94. The number of nitrogens with zero attached hydrogens (tertiary/aromatic N) is 2. The molecule has 1 aliphatic rings. The molecule has 0 fully saturated rings. The first-order chi connectivity index (χ1) is 19.1. The highest BCUT2D eigenvalue weighted by atomic mass is 19.3. The molecule has 2 amide bonds. The Kier molecular flexibility index (Phi) is 7.38. The molecule has 6 nitrogen and oxygen atoms in total. The molecular weight excluding hydrogens is 531 g/mol. The molecule has 3 heterocycles. The van der Waals surface area contributed by atoms with Gasteiger partial charge in [-0.05, 0) is 42.0 Å². The maximum Gasteiger partial charge on any atom is 0.256 e. The van der Waals surface area contributed by atoms with Gasteiger partial charge in [-0.2, -0.15) is 0 Å². The molecule has 206 valence electrons. The molecule has 0 aliphatic carbocycles. The number of hydrogen-bond acceptors (Lipinski definition) is 3. The third-order valence-electron chi connectivity index (χ3n) is 6.84. The predicted octanol–water partition coefficient (Wildman–Crippen LogP) is 6.17. The SMILES string of the molecule is CN1CCc2[nH]c(-c3ccnc(NC(=O)C(CC(F)F)c4ccc(F)cc4)c3)c(-c3ccc(F)cc3F)c2C1=O. The number of alkyl halides is 2. The van der Waals surface area contributed by atoms with Crippen LogP contribution in [0.2, 0.25) is 0 Å². The Morgan fingerprint density at radius 2 is 1.75 bits per heavy atom. The molecule has 2 aromatic carbocycles. The average Bonchev–Trinajstić information content (AvgIpc) is 3.30. The minimum absolute atomic E-state index is 0.00764. The molecule has 0 spiro atoms. The van der Waals surface area contributed by atoms with Crippen LogP contribution in [0.1, 0.15) is 34.0 Å². The van der Waals surface area contributed by atoms with E-state index < -0.39 is 42.1 Å². The fourth-order valence-corrected chi connectivity index (χ4v) is 4.86. The number of carbonyl (C=O) groups excluding carboxylic acids is 2. The molecular formula is C29H23F5N4O2. The molecule has 0 bridgehead atoms. The third-order valence-corrected chi connectivity index (χ3v) is 6.84. The Hall–Kier alpha value is -4.54. The second-order valence-corrected chi connectivity index (χ2v) is 9.48. The Balaban J connectivity index is 1.54. The normalized spacial score (nSPS) is 13.9. The van der Waals surface area contributed by atoms with Crippen molar-refractivity contribution in [3.8, 4) is 22.4 Å². The van der Waals surface area contributed by atoms with Crippen molar-refractivity contribution in [1.82, 2.24) is 14.9 Å². The number of halogens is 5. The maximum atomic E-state index is 15.0. The highest BCUT2D eigenvalue weighted by Gasteiger charge is 2.32. The van der Waals surface area contributed by atoms with Crippen molar-refractivity contribution < 1.29 is 31.5 Å². The fraction of sp³-hybridized carbons (Fsp3) is 0.207. The number of benzene rings is 2. The van der Waals surface area contributed by atoms with Crippen LogP contribution in [-0.2, 0) is 11.2 Å². The largest absolute Gasteiger partial charge is 0.357 e. The van der Waals surface area contributed by atoms with Crippen molar-refractivity contribution in [2.45, 2.75) is 25.2 Å². The Bertz CT molecular complexity index is 1590.